The van der Waals surface area contributed by atoms with Gasteiger partial charge < -0.3 is 9.63 Å². The van der Waals surface area contributed by atoms with E-state index in [2.05, 4.69) is 17.3 Å². The Kier molecular flexibility index (Phi) is 2.61. The molecule has 3 aromatic rings. The summed E-state index contributed by atoms with van der Waals surface area (Å²) in [6.07, 6.45) is 0. The van der Waals surface area contributed by atoms with Gasteiger partial charge in [-0.1, -0.05) is 47.6 Å². The third kappa shape index (κ3) is 1.60. The molecule has 0 spiro atoms. The molecule has 2 aromatic carbocycles. The van der Waals surface area contributed by atoms with Crippen LogP contribution < -0.4 is 0 Å². The molecule has 0 fully saturated rings. The smallest absolute Gasteiger partial charge is 0.173 e. The van der Waals surface area contributed by atoms with Gasteiger partial charge in [0.1, 0.15) is 0 Å². The monoisotopic (exact) mass is 239 g/mol. The lowest BCUT2D eigenvalue weighted by Gasteiger charge is -2.04. The molecule has 0 atom stereocenters. The van der Waals surface area contributed by atoms with Gasteiger partial charge in [0.2, 0.25) is 0 Å². The van der Waals surface area contributed by atoms with Crippen LogP contribution in [0.1, 0.15) is 11.3 Å². The average molecular weight is 239 g/mol. The van der Waals surface area contributed by atoms with Crippen LogP contribution in [0.15, 0.2) is 47.0 Å². The second-order valence-electron chi connectivity index (χ2n) is 4.26. The molecule has 3 rings (SSSR count). The summed E-state index contributed by atoms with van der Waals surface area (Å²) in [6, 6.07) is 14.1. The molecule has 3 heteroatoms. The zero-order chi connectivity index (χ0) is 12.5. The quantitative estimate of drug-likeness (QED) is 0.746. The predicted molar refractivity (Wildman–Crippen MR) is 70.1 cm³/mol. The zero-order valence-corrected chi connectivity index (χ0v) is 10.1. The maximum atomic E-state index is 9.42. The Morgan fingerprint density at radius 3 is 2.72 bits per heavy atom. The molecular formula is C15H13NO2. The SMILES string of the molecule is Cc1noc(-c2cccc3ccccc23)c1CO. The van der Waals surface area contributed by atoms with E-state index in [1.54, 1.807) is 0 Å². The van der Waals surface area contributed by atoms with Crippen molar-refractivity contribution in [1.82, 2.24) is 5.16 Å². The third-order valence-corrected chi connectivity index (χ3v) is 3.18. The summed E-state index contributed by atoms with van der Waals surface area (Å²) in [4.78, 5) is 0. The van der Waals surface area contributed by atoms with Gasteiger partial charge in [-0.25, -0.2) is 0 Å². The van der Waals surface area contributed by atoms with Crippen LogP contribution in [0.3, 0.4) is 0 Å². The topological polar surface area (TPSA) is 46.3 Å². The molecule has 0 aliphatic rings. The van der Waals surface area contributed by atoms with Crippen LogP contribution >= 0.6 is 0 Å². The highest BCUT2D eigenvalue weighted by molar-refractivity contribution is 5.95. The highest BCUT2D eigenvalue weighted by atomic mass is 16.5. The van der Waals surface area contributed by atoms with Crippen LogP contribution in [0.2, 0.25) is 0 Å². The summed E-state index contributed by atoms with van der Waals surface area (Å²) >= 11 is 0. The number of aliphatic hydroxyl groups excluding tert-OH is 1. The van der Waals surface area contributed by atoms with Crippen molar-refractivity contribution >= 4 is 10.8 Å². The summed E-state index contributed by atoms with van der Waals surface area (Å²) in [5.41, 5.74) is 2.46. The molecule has 0 aliphatic heterocycles. The first-order valence-corrected chi connectivity index (χ1v) is 5.85. The van der Waals surface area contributed by atoms with Gasteiger partial charge in [-0.2, -0.15) is 0 Å². The van der Waals surface area contributed by atoms with Crippen molar-refractivity contribution in [3.05, 3.63) is 53.7 Å². The van der Waals surface area contributed by atoms with E-state index in [0.29, 0.717) is 5.76 Å². The molecule has 1 aromatic heterocycles. The van der Waals surface area contributed by atoms with E-state index < -0.39 is 0 Å². The number of hydrogen-bond acceptors (Lipinski definition) is 3. The largest absolute Gasteiger partial charge is 0.391 e. The van der Waals surface area contributed by atoms with Gasteiger partial charge in [-0.3, -0.25) is 0 Å². The first kappa shape index (κ1) is 11.0. The average Bonchev–Trinajstić information content (AvgIpc) is 2.79. The normalized spacial score (nSPS) is 11.0. The summed E-state index contributed by atoms with van der Waals surface area (Å²) < 4.78 is 5.37. The van der Waals surface area contributed by atoms with E-state index in [-0.39, 0.29) is 6.61 Å². The lowest BCUT2D eigenvalue weighted by molar-refractivity contribution is 0.281. The molecule has 0 bridgehead atoms. The van der Waals surface area contributed by atoms with Gasteiger partial charge in [0.05, 0.1) is 12.3 Å². The van der Waals surface area contributed by atoms with Crippen LogP contribution in [-0.4, -0.2) is 10.3 Å². The van der Waals surface area contributed by atoms with E-state index in [4.69, 9.17) is 4.52 Å². The van der Waals surface area contributed by atoms with E-state index in [9.17, 15) is 5.11 Å². The molecule has 0 unspecified atom stereocenters. The van der Waals surface area contributed by atoms with Crippen molar-refractivity contribution < 1.29 is 9.63 Å². The number of hydrogen-bond donors (Lipinski definition) is 1. The Labute approximate surface area is 105 Å². The van der Waals surface area contributed by atoms with E-state index >= 15 is 0 Å². The molecule has 90 valence electrons. The minimum absolute atomic E-state index is 0.0616. The minimum atomic E-state index is -0.0616. The summed E-state index contributed by atoms with van der Waals surface area (Å²) in [5, 5.41) is 15.6. The van der Waals surface area contributed by atoms with Crippen LogP contribution in [0.25, 0.3) is 22.1 Å². The second-order valence-corrected chi connectivity index (χ2v) is 4.26. The van der Waals surface area contributed by atoms with Gasteiger partial charge >= 0.3 is 0 Å². The third-order valence-electron chi connectivity index (χ3n) is 3.18. The summed E-state index contributed by atoms with van der Waals surface area (Å²) in [6.45, 7) is 1.78. The maximum absolute atomic E-state index is 9.42. The van der Waals surface area contributed by atoms with E-state index in [0.717, 1.165) is 27.6 Å². The standard InChI is InChI=1S/C15H13NO2/c1-10-14(9-17)15(18-16-10)13-8-4-6-11-5-2-3-7-12(11)13/h2-8,17H,9H2,1H3. The fourth-order valence-electron chi connectivity index (χ4n) is 2.21. The van der Waals surface area contributed by atoms with Gasteiger partial charge in [0.15, 0.2) is 5.76 Å². The molecule has 1 N–H and O–H groups in total. The molecule has 18 heavy (non-hydrogen) atoms. The summed E-state index contributed by atoms with van der Waals surface area (Å²) in [7, 11) is 0. The molecule has 0 radical (unpaired) electrons. The molecule has 3 nitrogen and oxygen atoms in total. The Balaban J connectivity index is 2.31. The number of aromatic nitrogens is 1. The Hall–Kier alpha value is -2.13. The van der Waals surface area contributed by atoms with Gasteiger partial charge in [0, 0.05) is 11.1 Å². The van der Waals surface area contributed by atoms with Crippen LogP contribution in [0, 0.1) is 6.92 Å². The van der Waals surface area contributed by atoms with Crippen LogP contribution in [0.5, 0.6) is 0 Å². The van der Waals surface area contributed by atoms with Crippen molar-refractivity contribution in [3.63, 3.8) is 0 Å². The number of benzene rings is 2. The highest BCUT2D eigenvalue weighted by Gasteiger charge is 2.15. The lowest BCUT2D eigenvalue weighted by atomic mass is 10.00. The molecular weight excluding hydrogens is 226 g/mol. The Morgan fingerprint density at radius 2 is 1.89 bits per heavy atom. The Bertz CT molecular complexity index is 695. The number of rotatable bonds is 2. The molecule has 0 amide bonds. The highest BCUT2D eigenvalue weighted by Crippen LogP contribution is 2.32. The fourth-order valence-corrected chi connectivity index (χ4v) is 2.21. The maximum Gasteiger partial charge on any atom is 0.173 e. The number of nitrogens with zero attached hydrogens (tertiary/aromatic N) is 1. The molecule has 0 aliphatic carbocycles. The van der Waals surface area contributed by atoms with Crippen molar-refractivity contribution in [2.75, 3.05) is 0 Å². The first-order chi connectivity index (χ1) is 8.81. The Morgan fingerprint density at radius 1 is 1.11 bits per heavy atom. The molecule has 0 saturated heterocycles. The van der Waals surface area contributed by atoms with Gasteiger partial charge in [-0.05, 0) is 17.7 Å². The molecule has 1 heterocycles. The number of aryl methyl sites for hydroxylation is 1. The number of aliphatic hydroxyl groups is 1. The second kappa shape index (κ2) is 4.27. The van der Waals surface area contributed by atoms with Gasteiger partial charge in [-0.15, -0.1) is 0 Å². The van der Waals surface area contributed by atoms with Crippen LogP contribution in [-0.2, 0) is 6.61 Å². The predicted octanol–water partition coefficient (Wildman–Crippen LogP) is 3.30. The van der Waals surface area contributed by atoms with Crippen molar-refractivity contribution in [3.8, 4) is 11.3 Å². The molecule has 0 saturated carbocycles. The van der Waals surface area contributed by atoms with Crippen molar-refractivity contribution in [2.45, 2.75) is 13.5 Å². The van der Waals surface area contributed by atoms with Crippen LogP contribution in [0.4, 0.5) is 0 Å². The number of fused-ring (bicyclic) bond motifs is 1. The lowest BCUT2D eigenvalue weighted by Crippen LogP contribution is -1.88. The minimum Gasteiger partial charge on any atom is -0.391 e. The van der Waals surface area contributed by atoms with Crippen molar-refractivity contribution in [2.24, 2.45) is 0 Å². The zero-order valence-electron chi connectivity index (χ0n) is 10.1. The van der Waals surface area contributed by atoms with Crippen molar-refractivity contribution in [1.29, 1.82) is 0 Å². The van der Waals surface area contributed by atoms with E-state index in [1.165, 1.54) is 0 Å². The summed E-state index contributed by atoms with van der Waals surface area (Å²) in [5.74, 6) is 0.659. The van der Waals surface area contributed by atoms with E-state index in [1.807, 2.05) is 37.3 Å². The van der Waals surface area contributed by atoms with Gasteiger partial charge in [0.25, 0.3) is 0 Å². The fraction of sp³-hybridized carbons (Fsp3) is 0.133. The first-order valence-electron chi connectivity index (χ1n) is 5.85.